The van der Waals surface area contributed by atoms with Crippen molar-refractivity contribution in [1.29, 1.82) is 0 Å². The van der Waals surface area contributed by atoms with Crippen molar-refractivity contribution in [2.24, 2.45) is 0 Å². The number of aromatic nitrogens is 2. The molecule has 0 N–H and O–H groups in total. The van der Waals surface area contributed by atoms with Crippen LogP contribution in [0.25, 0.3) is 0 Å². The number of hydrogen-bond acceptors (Lipinski definition) is 2. The lowest BCUT2D eigenvalue weighted by atomic mass is 10.4. The molecule has 1 aromatic heterocycles. The fraction of sp³-hybridized carbons (Fsp3) is 0.700. The van der Waals surface area contributed by atoms with E-state index in [0.29, 0.717) is 5.37 Å². The van der Waals surface area contributed by atoms with Gasteiger partial charge in [0.2, 0.25) is 0 Å². The summed E-state index contributed by atoms with van der Waals surface area (Å²) in [5.41, 5.74) is 1.25. The maximum Gasteiger partial charge on any atom is 0.0945 e. The van der Waals surface area contributed by atoms with Crippen LogP contribution in [0.3, 0.4) is 0 Å². The summed E-state index contributed by atoms with van der Waals surface area (Å²) in [5, 5.41) is 4.76. The number of rotatable bonds is 5. The highest BCUT2D eigenvalue weighted by molar-refractivity contribution is 7.99. The maximum absolute atomic E-state index is 4.29. The van der Waals surface area contributed by atoms with Gasteiger partial charge in [-0.05, 0) is 32.1 Å². The lowest BCUT2D eigenvalue weighted by molar-refractivity contribution is 0.622. The normalized spacial score (nSPS) is 13.2. The number of thioether (sulfide) groups is 1. The highest BCUT2D eigenvalue weighted by atomic mass is 32.2. The second kappa shape index (κ2) is 5.32. The fourth-order valence-electron chi connectivity index (χ4n) is 1.23. The van der Waals surface area contributed by atoms with Crippen LogP contribution in [0.2, 0.25) is 0 Å². The Balaban J connectivity index is 2.39. The molecule has 1 heterocycles. The molecule has 1 unspecified atom stereocenters. The molecule has 13 heavy (non-hydrogen) atoms. The summed E-state index contributed by atoms with van der Waals surface area (Å²) in [5.74, 6) is 1.23. The van der Waals surface area contributed by atoms with Gasteiger partial charge >= 0.3 is 0 Å². The fourth-order valence-corrected chi connectivity index (χ4v) is 2.39. The molecule has 0 amide bonds. The van der Waals surface area contributed by atoms with Gasteiger partial charge in [-0.1, -0.05) is 13.3 Å². The number of nitrogens with zero attached hydrogens (tertiary/aromatic N) is 2. The van der Waals surface area contributed by atoms with E-state index < -0.39 is 0 Å². The van der Waals surface area contributed by atoms with Gasteiger partial charge in [-0.15, -0.1) is 11.8 Å². The van der Waals surface area contributed by atoms with Crippen LogP contribution < -0.4 is 0 Å². The van der Waals surface area contributed by atoms with Crippen LogP contribution in [-0.2, 0) is 0 Å². The van der Waals surface area contributed by atoms with E-state index in [-0.39, 0.29) is 0 Å². The third kappa shape index (κ3) is 3.07. The second-order valence-corrected chi connectivity index (χ2v) is 4.66. The molecule has 1 rings (SSSR count). The molecule has 0 aliphatic rings. The molecule has 74 valence electrons. The molecule has 3 heteroatoms. The van der Waals surface area contributed by atoms with Gasteiger partial charge in [0.05, 0.1) is 5.37 Å². The average molecular weight is 198 g/mol. The zero-order chi connectivity index (χ0) is 9.68. The van der Waals surface area contributed by atoms with Gasteiger partial charge in [0.15, 0.2) is 0 Å². The standard InChI is InChI=1S/C10H18N2S/c1-4-5-8-13-10(3)12-9(2)6-7-11-12/h6-7,10H,4-5,8H2,1-3H3. The quantitative estimate of drug-likeness (QED) is 0.676. The third-order valence-corrected chi connectivity index (χ3v) is 3.28. The molecule has 2 nitrogen and oxygen atoms in total. The van der Waals surface area contributed by atoms with Crippen molar-refractivity contribution in [1.82, 2.24) is 9.78 Å². The SMILES string of the molecule is CCCCSC(C)n1nccc1C. The van der Waals surface area contributed by atoms with Crippen molar-refractivity contribution >= 4 is 11.8 Å². The van der Waals surface area contributed by atoms with Gasteiger partial charge in [-0.3, -0.25) is 4.68 Å². The van der Waals surface area contributed by atoms with Crippen LogP contribution in [0.15, 0.2) is 12.3 Å². The molecule has 0 spiro atoms. The third-order valence-electron chi connectivity index (χ3n) is 2.07. The predicted molar refractivity (Wildman–Crippen MR) is 59.0 cm³/mol. The maximum atomic E-state index is 4.29. The van der Waals surface area contributed by atoms with Crippen LogP contribution >= 0.6 is 11.8 Å². The second-order valence-electron chi connectivity index (χ2n) is 3.24. The summed E-state index contributed by atoms with van der Waals surface area (Å²) in [6, 6.07) is 2.05. The molecule has 1 atom stereocenters. The number of unbranched alkanes of at least 4 members (excludes halogenated alkanes) is 1. The molecular weight excluding hydrogens is 180 g/mol. The number of hydrogen-bond donors (Lipinski definition) is 0. The molecular formula is C10H18N2S. The Morgan fingerprint density at radius 1 is 1.62 bits per heavy atom. The summed E-state index contributed by atoms with van der Waals surface area (Å²) < 4.78 is 2.08. The van der Waals surface area contributed by atoms with Crippen LogP contribution in [-0.4, -0.2) is 15.5 Å². The van der Waals surface area contributed by atoms with Crippen LogP contribution in [0, 0.1) is 6.92 Å². The van der Waals surface area contributed by atoms with Gasteiger partial charge in [-0.2, -0.15) is 5.10 Å². The monoisotopic (exact) mass is 198 g/mol. The first-order valence-electron chi connectivity index (χ1n) is 4.87. The van der Waals surface area contributed by atoms with Crippen LogP contribution in [0.5, 0.6) is 0 Å². The Kier molecular flexibility index (Phi) is 4.36. The number of aryl methyl sites for hydroxylation is 1. The molecule has 0 bridgehead atoms. The van der Waals surface area contributed by atoms with Gasteiger partial charge < -0.3 is 0 Å². The first-order chi connectivity index (χ1) is 6.25. The summed E-state index contributed by atoms with van der Waals surface area (Å²) >= 11 is 1.97. The molecule has 0 fully saturated rings. The van der Waals surface area contributed by atoms with E-state index in [9.17, 15) is 0 Å². The first kappa shape index (κ1) is 10.6. The van der Waals surface area contributed by atoms with E-state index in [0.717, 1.165) is 0 Å². The van der Waals surface area contributed by atoms with E-state index >= 15 is 0 Å². The van der Waals surface area contributed by atoms with E-state index in [1.165, 1.54) is 24.3 Å². The van der Waals surface area contributed by atoms with E-state index in [1.807, 2.05) is 18.0 Å². The molecule has 0 aromatic carbocycles. The first-order valence-corrected chi connectivity index (χ1v) is 5.92. The molecule has 0 saturated heterocycles. The van der Waals surface area contributed by atoms with Gasteiger partial charge in [-0.25, -0.2) is 0 Å². The summed E-state index contributed by atoms with van der Waals surface area (Å²) in [4.78, 5) is 0. The zero-order valence-corrected chi connectivity index (χ0v) is 9.47. The highest BCUT2D eigenvalue weighted by Gasteiger charge is 2.06. The van der Waals surface area contributed by atoms with Crippen LogP contribution in [0.1, 0.15) is 37.8 Å². The van der Waals surface area contributed by atoms with Gasteiger partial charge in [0.1, 0.15) is 0 Å². The minimum absolute atomic E-state index is 0.474. The Hall–Kier alpha value is -0.440. The van der Waals surface area contributed by atoms with Crippen molar-refractivity contribution in [3.8, 4) is 0 Å². The lowest BCUT2D eigenvalue weighted by Gasteiger charge is -2.13. The van der Waals surface area contributed by atoms with Crippen molar-refractivity contribution in [2.45, 2.75) is 39.0 Å². The van der Waals surface area contributed by atoms with Crippen molar-refractivity contribution < 1.29 is 0 Å². The molecule has 0 aliphatic heterocycles. The molecule has 0 radical (unpaired) electrons. The zero-order valence-electron chi connectivity index (χ0n) is 8.66. The Morgan fingerprint density at radius 3 is 2.92 bits per heavy atom. The highest BCUT2D eigenvalue weighted by Crippen LogP contribution is 2.23. The smallest absolute Gasteiger partial charge is 0.0945 e. The van der Waals surface area contributed by atoms with Crippen molar-refractivity contribution in [3.63, 3.8) is 0 Å². The summed E-state index contributed by atoms with van der Waals surface area (Å²) in [6.45, 7) is 6.54. The Labute approximate surface area is 84.7 Å². The molecule has 0 aliphatic carbocycles. The Bertz CT molecular complexity index is 245. The van der Waals surface area contributed by atoms with Crippen LogP contribution in [0.4, 0.5) is 0 Å². The molecule has 1 aromatic rings. The Morgan fingerprint density at radius 2 is 2.38 bits per heavy atom. The van der Waals surface area contributed by atoms with E-state index in [2.05, 4.69) is 36.6 Å². The lowest BCUT2D eigenvalue weighted by Crippen LogP contribution is -2.05. The van der Waals surface area contributed by atoms with Gasteiger partial charge in [0, 0.05) is 11.9 Å². The average Bonchev–Trinajstić information content (AvgIpc) is 2.52. The van der Waals surface area contributed by atoms with E-state index in [4.69, 9.17) is 0 Å². The van der Waals surface area contributed by atoms with E-state index in [1.54, 1.807) is 0 Å². The predicted octanol–water partition coefficient (Wildman–Crippen LogP) is 3.24. The van der Waals surface area contributed by atoms with Gasteiger partial charge in [0.25, 0.3) is 0 Å². The minimum atomic E-state index is 0.474. The minimum Gasteiger partial charge on any atom is -0.257 e. The largest absolute Gasteiger partial charge is 0.257 e. The summed E-state index contributed by atoms with van der Waals surface area (Å²) in [7, 11) is 0. The topological polar surface area (TPSA) is 17.8 Å². The summed E-state index contributed by atoms with van der Waals surface area (Å²) in [6.07, 6.45) is 4.44. The molecule has 0 saturated carbocycles. The van der Waals surface area contributed by atoms with Crippen molar-refractivity contribution in [2.75, 3.05) is 5.75 Å². The van der Waals surface area contributed by atoms with Crippen molar-refractivity contribution in [3.05, 3.63) is 18.0 Å².